The van der Waals surface area contributed by atoms with Crippen LogP contribution in [0.4, 0.5) is 4.39 Å². The maximum atomic E-state index is 13.3. The van der Waals surface area contributed by atoms with Crippen LogP contribution < -0.4 is 10.1 Å². The summed E-state index contributed by atoms with van der Waals surface area (Å²) in [6.07, 6.45) is 0.453. The Hall–Kier alpha value is -2.89. The first-order chi connectivity index (χ1) is 14.2. The number of benzene rings is 2. The zero-order valence-corrected chi connectivity index (χ0v) is 18.4. The molecule has 0 saturated carbocycles. The van der Waals surface area contributed by atoms with E-state index in [-0.39, 0.29) is 36.8 Å². The summed E-state index contributed by atoms with van der Waals surface area (Å²) < 4.78 is 19.1. The smallest absolute Gasteiger partial charge is 0.261 e. The van der Waals surface area contributed by atoms with E-state index in [4.69, 9.17) is 4.74 Å². The van der Waals surface area contributed by atoms with E-state index in [1.165, 1.54) is 17.0 Å². The molecule has 1 atom stereocenters. The van der Waals surface area contributed by atoms with Crippen LogP contribution in [0.25, 0.3) is 0 Å². The number of hydrogen-bond acceptors (Lipinski definition) is 3. The van der Waals surface area contributed by atoms with Crippen molar-refractivity contribution in [3.8, 4) is 5.75 Å². The summed E-state index contributed by atoms with van der Waals surface area (Å²) in [5.41, 5.74) is 2.80. The van der Waals surface area contributed by atoms with Gasteiger partial charge in [0.1, 0.15) is 17.6 Å². The average molecular weight is 415 g/mol. The SMILES string of the molecule is CC[C@@H](C(=O)NC(C)C)N(Cc1ccc(F)cc1)C(=O)COc1ccc(C)cc1C. The molecule has 0 fully saturated rings. The molecule has 2 amide bonds. The fraction of sp³-hybridized carbons (Fsp3) is 0.417. The number of carbonyl (C=O) groups is 2. The second kappa shape index (κ2) is 10.8. The van der Waals surface area contributed by atoms with Crippen LogP contribution in [-0.4, -0.2) is 35.4 Å². The van der Waals surface area contributed by atoms with Gasteiger partial charge >= 0.3 is 0 Å². The van der Waals surface area contributed by atoms with Crippen molar-refractivity contribution in [2.24, 2.45) is 0 Å². The molecule has 0 aliphatic rings. The molecule has 0 saturated heterocycles. The van der Waals surface area contributed by atoms with Crippen molar-refractivity contribution in [3.63, 3.8) is 0 Å². The molecular weight excluding hydrogens is 383 g/mol. The van der Waals surface area contributed by atoms with E-state index in [1.807, 2.05) is 52.8 Å². The molecule has 1 N–H and O–H groups in total. The zero-order chi connectivity index (χ0) is 22.3. The summed E-state index contributed by atoms with van der Waals surface area (Å²) in [4.78, 5) is 27.3. The quantitative estimate of drug-likeness (QED) is 0.671. The van der Waals surface area contributed by atoms with Gasteiger partial charge in [0, 0.05) is 12.6 Å². The van der Waals surface area contributed by atoms with Crippen molar-refractivity contribution >= 4 is 11.8 Å². The van der Waals surface area contributed by atoms with Gasteiger partial charge in [-0.2, -0.15) is 0 Å². The molecule has 2 rings (SSSR count). The highest BCUT2D eigenvalue weighted by Gasteiger charge is 2.29. The predicted octanol–water partition coefficient (Wildman–Crippen LogP) is 4.15. The lowest BCUT2D eigenvalue weighted by atomic mass is 10.1. The third-order valence-electron chi connectivity index (χ3n) is 4.76. The first kappa shape index (κ1) is 23.4. The minimum atomic E-state index is -0.646. The summed E-state index contributed by atoms with van der Waals surface area (Å²) in [7, 11) is 0. The van der Waals surface area contributed by atoms with Crippen molar-refractivity contribution < 1.29 is 18.7 Å². The molecular formula is C24H31FN2O3. The van der Waals surface area contributed by atoms with Gasteiger partial charge in [0.05, 0.1) is 0 Å². The second-order valence-corrected chi connectivity index (χ2v) is 7.79. The van der Waals surface area contributed by atoms with Gasteiger partial charge in [-0.15, -0.1) is 0 Å². The van der Waals surface area contributed by atoms with Gasteiger partial charge in [-0.25, -0.2) is 4.39 Å². The van der Waals surface area contributed by atoms with Crippen molar-refractivity contribution in [2.75, 3.05) is 6.61 Å². The monoisotopic (exact) mass is 414 g/mol. The molecule has 0 radical (unpaired) electrons. The Labute approximate surface area is 178 Å². The summed E-state index contributed by atoms with van der Waals surface area (Å²) in [5, 5.41) is 2.88. The summed E-state index contributed by atoms with van der Waals surface area (Å²) in [6.45, 7) is 9.54. The molecule has 0 spiro atoms. The lowest BCUT2D eigenvalue weighted by Crippen LogP contribution is -2.51. The highest BCUT2D eigenvalue weighted by Crippen LogP contribution is 2.20. The molecule has 2 aromatic rings. The van der Waals surface area contributed by atoms with Gasteiger partial charge < -0.3 is 15.0 Å². The van der Waals surface area contributed by atoms with Crippen molar-refractivity contribution in [2.45, 2.75) is 59.7 Å². The van der Waals surface area contributed by atoms with Crippen LogP contribution in [0, 0.1) is 19.7 Å². The molecule has 0 aliphatic heterocycles. The summed E-state index contributed by atoms with van der Waals surface area (Å²) in [5.74, 6) is -0.228. The van der Waals surface area contributed by atoms with E-state index in [1.54, 1.807) is 12.1 Å². The highest BCUT2D eigenvalue weighted by molar-refractivity contribution is 5.88. The number of rotatable bonds is 9. The Balaban J connectivity index is 2.22. The zero-order valence-electron chi connectivity index (χ0n) is 18.4. The first-order valence-electron chi connectivity index (χ1n) is 10.3. The van der Waals surface area contributed by atoms with E-state index in [0.717, 1.165) is 16.7 Å². The molecule has 5 nitrogen and oxygen atoms in total. The third-order valence-corrected chi connectivity index (χ3v) is 4.76. The second-order valence-electron chi connectivity index (χ2n) is 7.79. The molecule has 0 aliphatic carbocycles. The molecule has 0 aromatic heterocycles. The molecule has 0 heterocycles. The summed E-state index contributed by atoms with van der Waals surface area (Å²) in [6, 6.07) is 11.0. The minimum Gasteiger partial charge on any atom is -0.483 e. The van der Waals surface area contributed by atoms with E-state index < -0.39 is 6.04 Å². The number of amides is 2. The molecule has 2 aromatic carbocycles. The fourth-order valence-electron chi connectivity index (χ4n) is 3.27. The minimum absolute atomic E-state index is 0.0409. The molecule has 162 valence electrons. The lowest BCUT2D eigenvalue weighted by Gasteiger charge is -2.31. The van der Waals surface area contributed by atoms with E-state index in [0.29, 0.717) is 12.2 Å². The van der Waals surface area contributed by atoms with Gasteiger partial charge in [0.25, 0.3) is 5.91 Å². The van der Waals surface area contributed by atoms with Crippen molar-refractivity contribution in [1.82, 2.24) is 10.2 Å². The Kier molecular flexibility index (Phi) is 8.39. The number of halogens is 1. The number of aryl methyl sites for hydroxylation is 2. The molecule has 30 heavy (non-hydrogen) atoms. The predicted molar refractivity (Wildman–Crippen MR) is 116 cm³/mol. The van der Waals surface area contributed by atoms with Crippen LogP contribution >= 0.6 is 0 Å². The third kappa shape index (κ3) is 6.58. The number of nitrogens with one attached hydrogen (secondary N) is 1. The van der Waals surface area contributed by atoms with E-state index >= 15 is 0 Å². The van der Waals surface area contributed by atoms with Gasteiger partial charge in [-0.3, -0.25) is 9.59 Å². The molecule has 0 unspecified atom stereocenters. The Bertz CT molecular complexity index is 865. The normalized spacial score (nSPS) is 11.8. The number of ether oxygens (including phenoxy) is 1. The topological polar surface area (TPSA) is 58.6 Å². The largest absolute Gasteiger partial charge is 0.483 e. The maximum absolute atomic E-state index is 13.3. The Morgan fingerprint density at radius 3 is 2.33 bits per heavy atom. The molecule has 0 bridgehead atoms. The van der Waals surface area contributed by atoms with Crippen molar-refractivity contribution in [3.05, 3.63) is 65.0 Å². The lowest BCUT2D eigenvalue weighted by molar-refractivity contribution is -0.143. The average Bonchev–Trinajstić information content (AvgIpc) is 2.68. The van der Waals surface area contributed by atoms with Crippen LogP contribution in [0.15, 0.2) is 42.5 Å². The van der Waals surface area contributed by atoms with Crippen LogP contribution in [0.3, 0.4) is 0 Å². The van der Waals surface area contributed by atoms with Crippen LogP contribution in [-0.2, 0) is 16.1 Å². The maximum Gasteiger partial charge on any atom is 0.261 e. The Morgan fingerprint density at radius 1 is 1.10 bits per heavy atom. The molecule has 6 heteroatoms. The standard InChI is InChI=1S/C24H31FN2O3/c1-6-21(24(29)26-16(2)3)27(14-19-8-10-20(25)11-9-19)23(28)15-30-22-12-7-17(4)13-18(22)5/h7-13,16,21H,6,14-15H2,1-5H3,(H,26,29)/t21-/m0/s1. The summed E-state index contributed by atoms with van der Waals surface area (Å²) >= 11 is 0. The van der Waals surface area contributed by atoms with E-state index in [2.05, 4.69) is 5.32 Å². The van der Waals surface area contributed by atoms with Gasteiger partial charge in [-0.05, 0) is 63.4 Å². The van der Waals surface area contributed by atoms with Crippen LogP contribution in [0.5, 0.6) is 5.75 Å². The van der Waals surface area contributed by atoms with Gasteiger partial charge in [0.15, 0.2) is 6.61 Å². The van der Waals surface area contributed by atoms with Crippen LogP contribution in [0.2, 0.25) is 0 Å². The van der Waals surface area contributed by atoms with E-state index in [9.17, 15) is 14.0 Å². The number of nitrogens with zero attached hydrogens (tertiary/aromatic N) is 1. The number of hydrogen-bond donors (Lipinski definition) is 1. The number of carbonyl (C=O) groups excluding carboxylic acids is 2. The van der Waals surface area contributed by atoms with Gasteiger partial charge in [-0.1, -0.05) is 36.8 Å². The fourth-order valence-corrected chi connectivity index (χ4v) is 3.27. The Morgan fingerprint density at radius 2 is 1.77 bits per heavy atom. The van der Waals surface area contributed by atoms with Gasteiger partial charge in [0.2, 0.25) is 5.91 Å². The van der Waals surface area contributed by atoms with Crippen molar-refractivity contribution in [1.29, 1.82) is 0 Å². The first-order valence-corrected chi connectivity index (χ1v) is 10.3. The van der Waals surface area contributed by atoms with Crippen LogP contribution in [0.1, 0.15) is 43.9 Å². The highest BCUT2D eigenvalue weighted by atomic mass is 19.1.